The second-order valence-electron chi connectivity index (χ2n) is 6.24. The van der Waals surface area contributed by atoms with Crippen LogP contribution in [0.2, 0.25) is 0 Å². The maximum absolute atomic E-state index is 5.74. The van der Waals surface area contributed by atoms with Crippen molar-refractivity contribution < 1.29 is 9.47 Å². The van der Waals surface area contributed by atoms with E-state index in [0.717, 1.165) is 33.4 Å². The minimum absolute atomic E-state index is 0.391. The number of benzene rings is 3. The number of para-hydroxylation sites is 1. The predicted octanol–water partition coefficient (Wildman–Crippen LogP) is 5.05. The molecule has 6 nitrogen and oxygen atoms in total. The highest BCUT2D eigenvalue weighted by Crippen LogP contribution is 2.29. The zero-order valence-corrected chi connectivity index (χ0v) is 16.9. The molecule has 0 aliphatic rings. The number of aromatic amines is 1. The van der Waals surface area contributed by atoms with Gasteiger partial charge < -0.3 is 9.47 Å². The van der Waals surface area contributed by atoms with E-state index in [0.29, 0.717) is 17.2 Å². The van der Waals surface area contributed by atoms with Crippen molar-refractivity contribution in [2.75, 3.05) is 13.7 Å². The molecule has 0 unspecified atom stereocenters. The van der Waals surface area contributed by atoms with Gasteiger partial charge in [0.15, 0.2) is 5.82 Å². The molecule has 4 aromatic rings. The zero-order valence-electron chi connectivity index (χ0n) is 16.1. The van der Waals surface area contributed by atoms with Gasteiger partial charge in [-0.05, 0) is 48.1 Å². The highest BCUT2D eigenvalue weighted by Gasteiger charge is 2.14. The fourth-order valence-electron chi connectivity index (χ4n) is 3.21. The van der Waals surface area contributed by atoms with E-state index in [2.05, 4.69) is 21.4 Å². The van der Waals surface area contributed by atoms with Crippen LogP contribution in [0.3, 0.4) is 0 Å². The topological polar surface area (TPSA) is 64.4 Å². The van der Waals surface area contributed by atoms with Crippen molar-refractivity contribution in [1.82, 2.24) is 14.9 Å². The van der Waals surface area contributed by atoms with E-state index >= 15 is 0 Å². The van der Waals surface area contributed by atoms with E-state index in [1.165, 1.54) is 0 Å². The summed E-state index contributed by atoms with van der Waals surface area (Å²) in [7, 11) is 1.65. The molecule has 1 heterocycles. The van der Waals surface area contributed by atoms with Crippen molar-refractivity contribution in [3.05, 3.63) is 71.0 Å². The molecule has 7 heteroatoms. The van der Waals surface area contributed by atoms with E-state index in [-0.39, 0.29) is 0 Å². The summed E-state index contributed by atoms with van der Waals surface area (Å²) in [5.74, 6) is 2.04. The molecule has 0 aliphatic carbocycles. The van der Waals surface area contributed by atoms with Crippen molar-refractivity contribution in [1.29, 1.82) is 0 Å². The van der Waals surface area contributed by atoms with E-state index < -0.39 is 0 Å². The van der Waals surface area contributed by atoms with E-state index in [1.54, 1.807) is 18.0 Å². The number of H-pyrrole nitrogens is 1. The Labute approximate surface area is 173 Å². The van der Waals surface area contributed by atoms with Gasteiger partial charge in [0.25, 0.3) is 0 Å². The Morgan fingerprint density at radius 3 is 2.69 bits per heavy atom. The highest BCUT2D eigenvalue weighted by atomic mass is 32.1. The third-order valence-corrected chi connectivity index (χ3v) is 4.80. The summed E-state index contributed by atoms with van der Waals surface area (Å²) < 4.78 is 13.3. The number of hydrogen-bond donors (Lipinski definition) is 1. The molecule has 4 rings (SSSR count). The first-order chi connectivity index (χ1) is 14.2. The SMILES string of the molecule is CCOc1ccccc1-c1n[nH]c(=S)n1N=Cc1c(OC)ccc2ccccc12. The summed E-state index contributed by atoms with van der Waals surface area (Å²) in [4.78, 5) is 0. The lowest BCUT2D eigenvalue weighted by molar-refractivity contribution is 0.341. The van der Waals surface area contributed by atoms with Crippen LogP contribution in [-0.2, 0) is 0 Å². The molecule has 3 aromatic carbocycles. The molecule has 0 amide bonds. The molecule has 0 saturated carbocycles. The summed E-state index contributed by atoms with van der Waals surface area (Å²) in [5, 5.41) is 14.0. The van der Waals surface area contributed by atoms with E-state index in [9.17, 15) is 0 Å². The van der Waals surface area contributed by atoms with Crippen molar-refractivity contribution in [3.8, 4) is 22.9 Å². The molecule has 0 fully saturated rings. The monoisotopic (exact) mass is 404 g/mol. The van der Waals surface area contributed by atoms with Crippen LogP contribution in [0.5, 0.6) is 11.5 Å². The van der Waals surface area contributed by atoms with Gasteiger partial charge in [0.1, 0.15) is 11.5 Å². The normalized spacial score (nSPS) is 11.2. The van der Waals surface area contributed by atoms with Gasteiger partial charge in [-0.15, -0.1) is 0 Å². The number of aromatic nitrogens is 3. The minimum Gasteiger partial charge on any atom is -0.496 e. The Morgan fingerprint density at radius 2 is 1.86 bits per heavy atom. The molecule has 29 heavy (non-hydrogen) atoms. The Kier molecular flexibility index (Phi) is 5.39. The average molecular weight is 404 g/mol. The van der Waals surface area contributed by atoms with Crippen molar-refractivity contribution >= 4 is 29.2 Å². The molecule has 0 bridgehead atoms. The molecule has 0 aliphatic heterocycles. The van der Waals surface area contributed by atoms with Crippen LogP contribution in [0.4, 0.5) is 0 Å². The third-order valence-electron chi connectivity index (χ3n) is 4.53. The Balaban J connectivity index is 1.84. The van der Waals surface area contributed by atoms with Gasteiger partial charge in [-0.2, -0.15) is 14.9 Å². The Hall–Kier alpha value is -3.45. The van der Waals surface area contributed by atoms with Gasteiger partial charge in [0.05, 0.1) is 25.5 Å². The molecular formula is C22H20N4O2S. The van der Waals surface area contributed by atoms with E-state index in [1.807, 2.05) is 61.5 Å². The van der Waals surface area contributed by atoms with Crippen molar-refractivity contribution in [3.63, 3.8) is 0 Å². The quantitative estimate of drug-likeness (QED) is 0.361. The largest absolute Gasteiger partial charge is 0.496 e. The lowest BCUT2D eigenvalue weighted by Gasteiger charge is -2.10. The van der Waals surface area contributed by atoms with Gasteiger partial charge in [0, 0.05) is 5.56 Å². The summed E-state index contributed by atoms with van der Waals surface area (Å²) in [6, 6.07) is 19.7. The number of hydrogen-bond acceptors (Lipinski definition) is 5. The fraction of sp³-hybridized carbons (Fsp3) is 0.136. The van der Waals surface area contributed by atoms with Gasteiger partial charge in [0.2, 0.25) is 4.77 Å². The zero-order chi connectivity index (χ0) is 20.2. The fourth-order valence-corrected chi connectivity index (χ4v) is 3.39. The molecular weight excluding hydrogens is 384 g/mol. The second kappa shape index (κ2) is 8.28. The average Bonchev–Trinajstić information content (AvgIpc) is 3.12. The number of ether oxygens (including phenoxy) is 2. The van der Waals surface area contributed by atoms with Crippen LogP contribution >= 0.6 is 12.2 Å². The van der Waals surface area contributed by atoms with Gasteiger partial charge in [-0.3, -0.25) is 0 Å². The number of nitrogens with one attached hydrogen (secondary N) is 1. The van der Waals surface area contributed by atoms with Crippen LogP contribution in [0.25, 0.3) is 22.2 Å². The van der Waals surface area contributed by atoms with Crippen LogP contribution in [-0.4, -0.2) is 34.8 Å². The van der Waals surface area contributed by atoms with Gasteiger partial charge in [-0.1, -0.05) is 42.5 Å². The molecule has 0 radical (unpaired) electrons. The van der Waals surface area contributed by atoms with E-state index in [4.69, 9.17) is 21.7 Å². The summed E-state index contributed by atoms with van der Waals surface area (Å²) in [6.07, 6.45) is 1.75. The van der Waals surface area contributed by atoms with Gasteiger partial charge >= 0.3 is 0 Å². The maximum Gasteiger partial charge on any atom is 0.216 e. The first kappa shape index (κ1) is 18.9. The first-order valence-corrected chi connectivity index (χ1v) is 9.63. The Bertz CT molecular complexity index is 1240. The van der Waals surface area contributed by atoms with Gasteiger partial charge in [-0.25, -0.2) is 5.10 Å². The van der Waals surface area contributed by atoms with Crippen molar-refractivity contribution in [2.45, 2.75) is 6.92 Å². The minimum atomic E-state index is 0.391. The van der Waals surface area contributed by atoms with Crippen molar-refractivity contribution in [2.24, 2.45) is 5.10 Å². The smallest absolute Gasteiger partial charge is 0.216 e. The number of methoxy groups -OCH3 is 1. The summed E-state index contributed by atoms with van der Waals surface area (Å²) >= 11 is 5.41. The molecule has 1 N–H and O–H groups in total. The molecule has 0 saturated heterocycles. The lowest BCUT2D eigenvalue weighted by Crippen LogP contribution is -2.00. The van der Waals surface area contributed by atoms with Crippen LogP contribution in [0, 0.1) is 4.77 Å². The lowest BCUT2D eigenvalue weighted by atomic mass is 10.0. The predicted molar refractivity (Wildman–Crippen MR) is 118 cm³/mol. The number of fused-ring (bicyclic) bond motifs is 1. The van der Waals surface area contributed by atoms with Crippen LogP contribution in [0.15, 0.2) is 65.8 Å². The van der Waals surface area contributed by atoms with Crippen LogP contribution < -0.4 is 9.47 Å². The molecule has 0 spiro atoms. The highest BCUT2D eigenvalue weighted by molar-refractivity contribution is 7.71. The maximum atomic E-state index is 5.74. The number of rotatable bonds is 6. The summed E-state index contributed by atoms with van der Waals surface area (Å²) in [6.45, 7) is 2.50. The standard InChI is InChI=1S/C22H20N4O2S/c1-3-28-20-11-7-6-10-17(20)21-24-25-22(29)26(21)23-14-18-16-9-5-4-8-15(16)12-13-19(18)27-2/h4-14H,3H2,1-2H3,(H,25,29). The Morgan fingerprint density at radius 1 is 1.07 bits per heavy atom. The number of nitrogens with zero attached hydrogens (tertiary/aromatic N) is 3. The molecule has 146 valence electrons. The summed E-state index contributed by atoms with van der Waals surface area (Å²) in [5.41, 5.74) is 1.68. The molecule has 1 aromatic heterocycles. The third kappa shape index (κ3) is 3.64. The van der Waals surface area contributed by atoms with Crippen LogP contribution in [0.1, 0.15) is 12.5 Å². The second-order valence-corrected chi connectivity index (χ2v) is 6.63. The molecule has 0 atom stereocenters. The first-order valence-electron chi connectivity index (χ1n) is 9.22.